The van der Waals surface area contributed by atoms with Gasteiger partial charge in [-0.25, -0.2) is 0 Å². The van der Waals surface area contributed by atoms with Gasteiger partial charge in [-0.3, -0.25) is 9.69 Å². The molecule has 0 unspecified atom stereocenters. The van der Waals surface area contributed by atoms with Crippen LogP contribution in [-0.4, -0.2) is 59.1 Å². The van der Waals surface area contributed by atoms with E-state index in [9.17, 15) is 9.90 Å². The Morgan fingerprint density at radius 1 is 1.07 bits per heavy atom. The van der Waals surface area contributed by atoms with E-state index in [1.54, 1.807) is 0 Å². The number of halogens is 2. The minimum atomic E-state index is -0.527. The summed E-state index contributed by atoms with van der Waals surface area (Å²) in [7, 11) is 0. The molecule has 28 heavy (non-hydrogen) atoms. The molecule has 1 aliphatic carbocycles. The average molecular weight is 432 g/mol. The fourth-order valence-electron chi connectivity index (χ4n) is 4.00. The van der Waals surface area contributed by atoms with Crippen LogP contribution in [0.15, 0.2) is 24.3 Å². The maximum Gasteiger partial charge on any atom is 0.225 e. The van der Waals surface area contributed by atoms with Crippen LogP contribution < -0.4 is 5.73 Å². The second-order valence-electron chi connectivity index (χ2n) is 8.95. The van der Waals surface area contributed by atoms with E-state index in [2.05, 4.69) is 49.9 Å². The van der Waals surface area contributed by atoms with Crippen molar-refractivity contribution in [3.05, 3.63) is 35.4 Å². The number of amides is 1. The molecular weight excluding hydrogens is 397 g/mol. The maximum atomic E-state index is 12.6. The molecule has 3 N–H and O–H groups in total. The standard InChI is InChI=1S/C21H33N3O2.2ClH/c1-21(2,3)17-6-4-15(5-7-17)14-23-8-10-24(11-9-23)20(26)16-12-18(22)19(25)13-16;;/h4-7,16,18-19,25H,8-14,22H2,1-3H3;2*1H/t16-,18+,19+;;/m0../s1. The van der Waals surface area contributed by atoms with Crippen molar-refractivity contribution in [2.45, 2.75) is 57.7 Å². The molecule has 160 valence electrons. The van der Waals surface area contributed by atoms with Crippen molar-refractivity contribution in [1.29, 1.82) is 0 Å². The summed E-state index contributed by atoms with van der Waals surface area (Å²) in [6.45, 7) is 10.9. The number of nitrogens with zero attached hydrogens (tertiary/aromatic N) is 2. The van der Waals surface area contributed by atoms with Crippen molar-refractivity contribution in [2.24, 2.45) is 11.7 Å². The van der Waals surface area contributed by atoms with Gasteiger partial charge in [0.2, 0.25) is 5.91 Å². The molecule has 0 radical (unpaired) electrons. The molecule has 1 aromatic rings. The lowest BCUT2D eigenvalue weighted by Crippen LogP contribution is -2.49. The highest BCUT2D eigenvalue weighted by molar-refractivity contribution is 5.85. The molecule has 1 saturated carbocycles. The third-order valence-electron chi connectivity index (χ3n) is 5.84. The van der Waals surface area contributed by atoms with Crippen LogP contribution >= 0.6 is 24.8 Å². The van der Waals surface area contributed by atoms with Gasteiger partial charge in [-0.1, -0.05) is 45.0 Å². The molecule has 5 nitrogen and oxygen atoms in total. The van der Waals surface area contributed by atoms with E-state index in [1.165, 1.54) is 11.1 Å². The van der Waals surface area contributed by atoms with Crippen molar-refractivity contribution in [3.8, 4) is 0 Å². The molecule has 2 fully saturated rings. The van der Waals surface area contributed by atoms with Gasteiger partial charge < -0.3 is 15.7 Å². The van der Waals surface area contributed by atoms with E-state index in [0.717, 1.165) is 32.7 Å². The Bertz CT molecular complexity index is 616. The number of piperazine rings is 1. The molecule has 2 aliphatic rings. The Labute approximate surface area is 181 Å². The summed E-state index contributed by atoms with van der Waals surface area (Å²) in [4.78, 5) is 17.0. The topological polar surface area (TPSA) is 69.8 Å². The smallest absolute Gasteiger partial charge is 0.225 e. The molecule has 3 rings (SSSR count). The van der Waals surface area contributed by atoms with Crippen molar-refractivity contribution in [2.75, 3.05) is 26.2 Å². The maximum absolute atomic E-state index is 12.6. The summed E-state index contributed by atoms with van der Waals surface area (Å²) in [5.41, 5.74) is 8.71. The first-order valence-electron chi connectivity index (χ1n) is 9.78. The summed E-state index contributed by atoms with van der Waals surface area (Å²) >= 11 is 0. The van der Waals surface area contributed by atoms with Gasteiger partial charge in [0, 0.05) is 44.7 Å². The summed E-state index contributed by atoms with van der Waals surface area (Å²) in [6, 6.07) is 8.65. The van der Waals surface area contributed by atoms with Crippen LogP contribution in [0.2, 0.25) is 0 Å². The fourth-order valence-corrected chi connectivity index (χ4v) is 4.00. The molecule has 3 atom stereocenters. The van der Waals surface area contributed by atoms with Gasteiger partial charge in [0.1, 0.15) is 0 Å². The first kappa shape index (κ1) is 25.2. The second kappa shape index (κ2) is 10.3. The molecule has 7 heteroatoms. The second-order valence-corrected chi connectivity index (χ2v) is 8.95. The molecule has 1 amide bonds. The SMILES string of the molecule is CC(C)(C)c1ccc(CN2CCN(C(=O)[C@H]3C[C@@H](N)[C@H](O)C3)CC2)cc1.Cl.Cl. The van der Waals surface area contributed by atoms with E-state index in [-0.39, 0.29) is 48.1 Å². The van der Waals surface area contributed by atoms with Crippen molar-refractivity contribution < 1.29 is 9.90 Å². The largest absolute Gasteiger partial charge is 0.391 e. The van der Waals surface area contributed by atoms with E-state index in [1.807, 2.05) is 4.90 Å². The Morgan fingerprint density at radius 3 is 2.11 bits per heavy atom. The first-order chi connectivity index (χ1) is 12.2. The van der Waals surface area contributed by atoms with Gasteiger partial charge in [-0.05, 0) is 29.4 Å². The lowest BCUT2D eigenvalue weighted by Gasteiger charge is -2.36. The lowest BCUT2D eigenvalue weighted by molar-refractivity contribution is -0.137. The number of carbonyl (C=O) groups excluding carboxylic acids is 1. The number of hydrogen-bond donors (Lipinski definition) is 2. The van der Waals surface area contributed by atoms with Crippen molar-refractivity contribution in [1.82, 2.24) is 9.80 Å². The average Bonchev–Trinajstić information content (AvgIpc) is 2.94. The minimum Gasteiger partial charge on any atom is -0.391 e. The van der Waals surface area contributed by atoms with Gasteiger partial charge >= 0.3 is 0 Å². The quantitative estimate of drug-likeness (QED) is 0.771. The van der Waals surface area contributed by atoms with Crippen LogP contribution in [0.5, 0.6) is 0 Å². The van der Waals surface area contributed by atoms with E-state index >= 15 is 0 Å². The van der Waals surface area contributed by atoms with Crippen molar-refractivity contribution in [3.63, 3.8) is 0 Å². The highest BCUT2D eigenvalue weighted by atomic mass is 35.5. The predicted molar refractivity (Wildman–Crippen MR) is 118 cm³/mol. The number of carbonyl (C=O) groups is 1. The molecule has 1 saturated heterocycles. The zero-order chi connectivity index (χ0) is 18.9. The highest BCUT2D eigenvalue weighted by Gasteiger charge is 2.37. The van der Waals surface area contributed by atoms with E-state index in [4.69, 9.17) is 5.73 Å². The zero-order valence-electron chi connectivity index (χ0n) is 17.1. The number of nitrogens with two attached hydrogens (primary N) is 1. The predicted octanol–water partition coefficient (Wildman–Crippen LogP) is 2.57. The minimum absolute atomic E-state index is 0. The molecule has 0 spiro atoms. The van der Waals surface area contributed by atoms with Crippen LogP contribution in [0.3, 0.4) is 0 Å². The fraction of sp³-hybridized carbons (Fsp3) is 0.667. The number of aliphatic hydroxyl groups excluding tert-OH is 1. The number of benzene rings is 1. The third-order valence-corrected chi connectivity index (χ3v) is 5.84. The van der Waals surface area contributed by atoms with Gasteiger partial charge in [-0.2, -0.15) is 0 Å². The number of aliphatic hydroxyl groups is 1. The van der Waals surface area contributed by atoms with Gasteiger partial charge in [0.15, 0.2) is 0 Å². The Balaban J connectivity index is 0.00000196. The van der Waals surface area contributed by atoms with Crippen LogP contribution in [0.1, 0.15) is 44.7 Å². The first-order valence-corrected chi connectivity index (χ1v) is 9.78. The van der Waals surface area contributed by atoms with Gasteiger partial charge in [-0.15, -0.1) is 24.8 Å². The monoisotopic (exact) mass is 431 g/mol. The molecule has 0 aromatic heterocycles. The summed E-state index contributed by atoms with van der Waals surface area (Å²) in [5, 5.41) is 9.79. The van der Waals surface area contributed by atoms with Crippen LogP contribution in [0.25, 0.3) is 0 Å². The normalized spacial score (nSPS) is 25.8. The van der Waals surface area contributed by atoms with Crippen LogP contribution in [0, 0.1) is 5.92 Å². The molecule has 1 heterocycles. The summed E-state index contributed by atoms with van der Waals surface area (Å²) in [5.74, 6) is 0.0719. The summed E-state index contributed by atoms with van der Waals surface area (Å²) in [6.07, 6.45) is 0.599. The highest BCUT2D eigenvalue weighted by Crippen LogP contribution is 2.27. The van der Waals surface area contributed by atoms with E-state index < -0.39 is 6.10 Å². The van der Waals surface area contributed by atoms with Gasteiger partial charge in [0.25, 0.3) is 0 Å². The lowest BCUT2D eigenvalue weighted by atomic mass is 9.87. The zero-order valence-corrected chi connectivity index (χ0v) is 18.8. The summed E-state index contributed by atoms with van der Waals surface area (Å²) < 4.78 is 0. The third kappa shape index (κ3) is 6.07. The van der Waals surface area contributed by atoms with Crippen molar-refractivity contribution >= 4 is 30.7 Å². The van der Waals surface area contributed by atoms with E-state index in [0.29, 0.717) is 12.8 Å². The van der Waals surface area contributed by atoms with Crippen LogP contribution in [0.4, 0.5) is 0 Å². The van der Waals surface area contributed by atoms with Crippen LogP contribution in [-0.2, 0) is 16.8 Å². The van der Waals surface area contributed by atoms with Gasteiger partial charge in [0.05, 0.1) is 6.10 Å². The Kier molecular flexibility index (Phi) is 9.23. The number of rotatable bonds is 3. The molecular formula is C21H35Cl2N3O2. The molecule has 1 aliphatic heterocycles. The molecule has 1 aromatic carbocycles. The molecule has 0 bridgehead atoms. The Morgan fingerprint density at radius 2 is 1.64 bits per heavy atom. The Hall–Kier alpha value is -0.850. The number of hydrogen-bond acceptors (Lipinski definition) is 4.